The van der Waals surface area contributed by atoms with Crippen molar-refractivity contribution in [1.82, 2.24) is 19.5 Å². The molecule has 236 valence electrons. The molecule has 9 aromatic rings. The van der Waals surface area contributed by atoms with E-state index >= 15 is 0 Å². The van der Waals surface area contributed by atoms with E-state index in [-0.39, 0.29) is 0 Å². The second-order valence-electron chi connectivity index (χ2n) is 12.7. The summed E-state index contributed by atoms with van der Waals surface area (Å²) in [6.07, 6.45) is 9.04. The maximum absolute atomic E-state index is 6.48. The fourth-order valence-electron chi connectivity index (χ4n) is 7.33. The first kappa shape index (κ1) is 28.4. The van der Waals surface area contributed by atoms with Crippen molar-refractivity contribution in [2.45, 2.75) is 12.8 Å². The van der Waals surface area contributed by atoms with Gasteiger partial charge < -0.3 is 8.98 Å². The number of aromatic nitrogens is 4. The van der Waals surface area contributed by atoms with Crippen molar-refractivity contribution in [2.75, 3.05) is 0 Å². The summed E-state index contributed by atoms with van der Waals surface area (Å²) in [4.78, 5) is 15.0. The molecule has 0 radical (unpaired) electrons. The van der Waals surface area contributed by atoms with Gasteiger partial charge in [0.2, 0.25) is 0 Å². The van der Waals surface area contributed by atoms with Gasteiger partial charge in [0.05, 0.1) is 11.0 Å². The highest BCUT2D eigenvalue weighted by Crippen LogP contribution is 2.40. The van der Waals surface area contributed by atoms with Gasteiger partial charge in [0.15, 0.2) is 17.5 Å². The SMILES string of the molecule is C1=CC(c2ccc3c(c2)c2ccccc2n3-c2ccc3oc4cccc(-c5nc(-c6ccccc6)nc(-c6ccccc6)n5)c4c3c2)=CCC1. The average Bonchev–Trinajstić information content (AvgIpc) is 3.74. The molecule has 5 heteroatoms. The number of rotatable bonds is 5. The highest BCUT2D eigenvalue weighted by Gasteiger charge is 2.20. The lowest BCUT2D eigenvalue weighted by molar-refractivity contribution is 0.669. The zero-order valence-electron chi connectivity index (χ0n) is 27.1. The first-order chi connectivity index (χ1) is 24.8. The van der Waals surface area contributed by atoms with Gasteiger partial charge in [-0.3, -0.25) is 0 Å². The fourth-order valence-corrected chi connectivity index (χ4v) is 7.33. The van der Waals surface area contributed by atoms with Crippen LogP contribution in [0.25, 0.3) is 89.2 Å². The minimum Gasteiger partial charge on any atom is -0.456 e. The molecule has 3 aromatic heterocycles. The molecule has 0 bridgehead atoms. The van der Waals surface area contributed by atoms with Crippen LogP contribution in [0.15, 0.2) is 162 Å². The standard InChI is InChI=1S/C45H30N4O/c1-4-13-29(14-5-1)32-23-25-39-36(27-32)34-19-10-11-21-38(34)49(39)33-24-26-40-37(28-33)42-35(20-12-22-41(42)50-40)45-47-43(30-15-6-2-7-16-30)46-44(48-45)31-17-8-3-9-18-31/h2-4,6-28H,1,5H2. The quantitative estimate of drug-likeness (QED) is 0.187. The summed E-state index contributed by atoms with van der Waals surface area (Å²) in [6.45, 7) is 0. The summed E-state index contributed by atoms with van der Waals surface area (Å²) in [6, 6.07) is 48.3. The molecular weight excluding hydrogens is 613 g/mol. The van der Waals surface area contributed by atoms with Crippen LogP contribution in [0.4, 0.5) is 0 Å². The van der Waals surface area contributed by atoms with Crippen LogP contribution in [-0.2, 0) is 0 Å². The predicted octanol–water partition coefficient (Wildman–Crippen LogP) is 11.6. The lowest BCUT2D eigenvalue weighted by Crippen LogP contribution is -2.00. The van der Waals surface area contributed by atoms with Crippen molar-refractivity contribution in [2.24, 2.45) is 0 Å². The van der Waals surface area contributed by atoms with Crippen LogP contribution >= 0.6 is 0 Å². The molecule has 0 fully saturated rings. The van der Waals surface area contributed by atoms with Gasteiger partial charge in [-0.05, 0) is 66.4 Å². The normalized spacial score (nSPS) is 13.1. The average molecular weight is 643 g/mol. The summed E-state index contributed by atoms with van der Waals surface area (Å²) in [7, 11) is 0. The molecule has 1 aliphatic carbocycles. The number of allylic oxidation sites excluding steroid dienone is 4. The molecule has 0 N–H and O–H groups in total. The number of benzene rings is 6. The van der Waals surface area contributed by atoms with E-state index in [9.17, 15) is 0 Å². The molecule has 0 unspecified atom stereocenters. The summed E-state index contributed by atoms with van der Waals surface area (Å²) in [5.41, 5.74) is 10.3. The van der Waals surface area contributed by atoms with Crippen LogP contribution in [0, 0.1) is 0 Å². The number of hydrogen-bond donors (Lipinski definition) is 0. The fraction of sp³-hybridized carbons (Fsp3) is 0.0444. The number of fused-ring (bicyclic) bond motifs is 6. The van der Waals surface area contributed by atoms with E-state index in [0.29, 0.717) is 17.5 Å². The van der Waals surface area contributed by atoms with Gasteiger partial charge >= 0.3 is 0 Å². The van der Waals surface area contributed by atoms with Gasteiger partial charge in [0.1, 0.15) is 11.2 Å². The van der Waals surface area contributed by atoms with E-state index in [1.165, 1.54) is 27.4 Å². The van der Waals surface area contributed by atoms with Gasteiger partial charge in [-0.1, -0.05) is 115 Å². The number of para-hydroxylation sites is 1. The molecule has 6 aromatic carbocycles. The van der Waals surface area contributed by atoms with Crippen LogP contribution in [0.3, 0.4) is 0 Å². The molecule has 0 atom stereocenters. The van der Waals surface area contributed by atoms with E-state index < -0.39 is 0 Å². The third-order valence-electron chi connectivity index (χ3n) is 9.68. The Morgan fingerprint density at radius 2 is 1.22 bits per heavy atom. The third-order valence-corrected chi connectivity index (χ3v) is 9.68. The first-order valence-corrected chi connectivity index (χ1v) is 17.0. The molecule has 0 spiro atoms. The van der Waals surface area contributed by atoms with Crippen LogP contribution in [-0.4, -0.2) is 19.5 Å². The van der Waals surface area contributed by atoms with Gasteiger partial charge in [0, 0.05) is 43.9 Å². The van der Waals surface area contributed by atoms with Gasteiger partial charge in [0.25, 0.3) is 0 Å². The Morgan fingerprint density at radius 1 is 0.500 bits per heavy atom. The molecule has 0 saturated carbocycles. The van der Waals surface area contributed by atoms with Crippen molar-refractivity contribution in [1.29, 1.82) is 0 Å². The Balaban J connectivity index is 1.19. The van der Waals surface area contributed by atoms with E-state index in [2.05, 4.69) is 89.5 Å². The zero-order valence-corrected chi connectivity index (χ0v) is 27.1. The minimum absolute atomic E-state index is 0.604. The first-order valence-electron chi connectivity index (χ1n) is 17.0. The predicted molar refractivity (Wildman–Crippen MR) is 204 cm³/mol. The van der Waals surface area contributed by atoms with Gasteiger partial charge in [-0.2, -0.15) is 0 Å². The van der Waals surface area contributed by atoms with E-state index in [0.717, 1.165) is 62.7 Å². The Hall–Kier alpha value is -6.59. The van der Waals surface area contributed by atoms with Crippen molar-refractivity contribution in [3.05, 3.63) is 163 Å². The Kier molecular flexibility index (Phi) is 6.56. The third kappa shape index (κ3) is 4.66. The molecule has 3 heterocycles. The summed E-state index contributed by atoms with van der Waals surface area (Å²) in [5, 5.41) is 4.46. The van der Waals surface area contributed by atoms with Gasteiger partial charge in [-0.15, -0.1) is 0 Å². The smallest absolute Gasteiger partial charge is 0.164 e. The molecule has 5 nitrogen and oxygen atoms in total. The molecule has 0 amide bonds. The second-order valence-corrected chi connectivity index (χ2v) is 12.7. The monoisotopic (exact) mass is 642 g/mol. The molecule has 50 heavy (non-hydrogen) atoms. The van der Waals surface area contributed by atoms with Crippen molar-refractivity contribution >= 4 is 49.3 Å². The maximum Gasteiger partial charge on any atom is 0.164 e. The number of nitrogens with zero attached hydrogens (tertiary/aromatic N) is 4. The molecule has 10 rings (SSSR count). The number of furan rings is 1. The molecular formula is C45H30N4O. The van der Waals surface area contributed by atoms with E-state index in [1.807, 2.05) is 72.8 Å². The summed E-state index contributed by atoms with van der Waals surface area (Å²) >= 11 is 0. The molecule has 1 aliphatic rings. The maximum atomic E-state index is 6.48. The van der Waals surface area contributed by atoms with Crippen LogP contribution in [0.1, 0.15) is 18.4 Å². The summed E-state index contributed by atoms with van der Waals surface area (Å²) < 4.78 is 8.85. The van der Waals surface area contributed by atoms with Crippen molar-refractivity contribution < 1.29 is 4.42 Å². The van der Waals surface area contributed by atoms with Crippen molar-refractivity contribution in [3.8, 4) is 39.9 Å². The minimum atomic E-state index is 0.604. The van der Waals surface area contributed by atoms with Gasteiger partial charge in [-0.25, -0.2) is 15.0 Å². The molecule has 0 saturated heterocycles. The van der Waals surface area contributed by atoms with Crippen molar-refractivity contribution in [3.63, 3.8) is 0 Å². The lowest BCUT2D eigenvalue weighted by Gasteiger charge is -2.10. The molecule has 0 aliphatic heterocycles. The van der Waals surface area contributed by atoms with E-state index in [1.54, 1.807) is 0 Å². The second kappa shape index (κ2) is 11.5. The van der Waals surface area contributed by atoms with Crippen LogP contribution in [0.5, 0.6) is 0 Å². The Bertz CT molecular complexity index is 2750. The number of hydrogen-bond acceptors (Lipinski definition) is 4. The highest BCUT2D eigenvalue weighted by molar-refractivity contribution is 6.14. The Labute approximate surface area is 288 Å². The Morgan fingerprint density at radius 3 is 1.98 bits per heavy atom. The lowest BCUT2D eigenvalue weighted by atomic mass is 9.98. The van der Waals surface area contributed by atoms with E-state index in [4.69, 9.17) is 19.4 Å². The zero-order chi connectivity index (χ0) is 33.0. The topological polar surface area (TPSA) is 56.7 Å². The largest absolute Gasteiger partial charge is 0.456 e. The highest BCUT2D eigenvalue weighted by atomic mass is 16.3. The van der Waals surface area contributed by atoms with Crippen LogP contribution < -0.4 is 0 Å². The van der Waals surface area contributed by atoms with Crippen LogP contribution in [0.2, 0.25) is 0 Å². The summed E-state index contributed by atoms with van der Waals surface area (Å²) in [5.74, 6) is 1.86.